The van der Waals surface area contributed by atoms with Crippen LogP contribution in [0.1, 0.15) is 35.4 Å². The number of hydrogen-bond donors (Lipinski definition) is 3. The van der Waals surface area contributed by atoms with E-state index in [-0.39, 0.29) is 16.9 Å². The van der Waals surface area contributed by atoms with Crippen molar-refractivity contribution in [2.45, 2.75) is 24.7 Å². The fourth-order valence-corrected chi connectivity index (χ4v) is 3.19. The van der Waals surface area contributed by atoms with Crippen LogP contribution in [-0.2, 0) is 5.41 Å². The SMILES string of the molecule is O=C(Nc1ncc[nH]1)c1ccc(NCC2(c3ncccc3F)CCC2)nn1. The minimum Gasteiger partial charge on any atom is -0.368 e. The number of carbonyl (C=O) groups is 1. The van der Waals surface area contributed by atoms with E-state index in [9.17, 15) is 9.18 Å². The molecule has 3 aromatic heterocycles. The zero-order valence-corrected chi connectivity index (χ0v) is 14.4. The zero-order chi connectivity index (χ0) is 18.7. The maximum absolute atomic E-state index is 14.2. The van der Waals surface area contributed by atoms with E-state index in [0.717, 1.165) is 19.3 Å². The van der Waals surface area contributed by atoms with Gasteiger partial charge in [0.2, 0.25) is 5.95 Å². The second kappa shape index (κ2) is 7.10. The Morgan fingerprint density at radius 3 is 2.70 bits per heavy atom. The number of halogens is 1. The number of imidazole rings is 1. The van der Waals surface area contributed by atoms with Crippen LogP contribution in [0.2, 0.25) is 0 Å². The van der Waals surface area contributed by atoms with Gasteiger partial charge >= 0.3 is 0 Å². The van der Waals surface area contributed by atoms with Crippen LogP contribution in [0.25, 0.3) is 0 Å². The molecule has 27 heavy (non-hydrogen) atoms. The van der Waals surface area contributed by atoms with Crippen LogP contribution in [0.15, 0.2) is 42.9 Å². The van der Waals surface area contributed by atoms with E-state index in [1.807, 2.05) is 0 Å². The maximum atomic E-state index is 14.2. The standard InChI is InChI=1S/C18H18FN7O/c19-12-3-1-8-20-15(12)18(6-2-7-18)11-23-14-5-4-13(25-26-14)16(27)24-17-21-9-10-22-17/h1,3-5,8-10H,2,6-7,11H2,(H,23,26)(H2,21,22,24,27). The lowest BCUT2D eigenvalue weighted by atomic mass is 9.66. The number of pyridine rings is 1. The quantitative estimate of drug-likeness (QED) is 0.618. The lowest BCUT2D eigenvalue weighted by molar-refractivity contribution is 0.102. The summed E-state index contributed by atoms with van der Waals surface area (Å²) in [6, 6.07) is 6.28. The van der Waals surface area contributed by atoms with E-state index in [1.165, 1.54) is 12.3 Å². The second-order valence-corrected chi connectivity index (χ2v) is 6.52. The van der Waals surface area contributed by atoms with Crippen LogP contribution in [0.4, 0.5) is 16.2 Å². The summed E-state index contributed by atoms with van der Waals surface area (Å²) in [4.78, 5) is 23.0. The summed E-state index contributed by atoms with van der Waals surface area (Å²) < 4.78 is 14.2. The third-order valence-corrected chi connectivity index (χ3v) is 4.81. The average Bonchev–Trinajstić information content (AvgIpc) is 3.15. The van der Waals surface area contributed by atoms with Crippen LogP contribution in [-0.4, -0.2) is 37.6 Å². The summed E-state index contributed by atoms with van der Waals surface area (Å²) in [5.74, 6) is 0.172. The number of hydrogen-bond acceptors (Lipinski definition) is 6. The fourth-order valence-electron chi connectivity index (χ4n) is 3.19. The lowest BCUT2D eigenvalue weighted by Crippen LogP contribution is -2.42. The Hall–Kier alpha value is -3.36. The van der Waals surface area contributed by atoms with Gasteiger partial charge in [0.15, 0.2) is 5.69 Å². The minimum atomic E-state index is -0.407. The van der Waals surface area contributed by atoms with Crippen LogP contribution >= 0.6 is 0 Å². The minimum absolute atomic E-state index is 0.172. The molecular formula is C18H18FN7O. The molecule has 4 rings (SSSR count). The molecule has 1 amide bonds. The van der Waals surface area contributed by atoms with Crippen molar-refractivity contribution in [2.24, 2.45) is 0 Å². The van der Waals surface area contributed by atoms with Gasteiger partial charge in [-0.3, -0.25) is 15.1 Å². The molecule has 3 heterocycles. The van der Waals surface area contributed by atoms with Gasteiger partial charge < -0.3 is 10.3 Å². The molecular weight excluding hydrogens is 349 g/mol. The average molecular weight is 367 g/mol. The van der Waals surface area contributed by atoms with Crippen molar-refractivity contribution in [3.8, 4) is 0 Å². The van der Waals surface area contributed by atoms with Crippen molar-refractivity contribution < 1.29 is 9.18 Å². The Bertz CT molecular complexity index is 923. The molecule has 0 atom stereocenters. The van der Waals surface area contributed by atoms with Crippen molar-refractivity contribution in [3.63, 3.8) is 0 Å². The van der Waals surface area contributed by atoms with E-state index in [1.54, 1.807) is 30.6 Å². The Morgan fingerprint density at radius 2 is 2.07 bits per heavy atom. The lowest BCUT2D eigenvalue weighted by Gasteiger charge is -2.41. The second-order valence-electron chi connectivity index (χ2n) is 6.52. The summed E-state index contributed by atoms with van der Waals surface area (Å²) in [6.07, 6.45) is 7.53. The van der Waals surface area contributed by atoms with Crippen LogP contribution in [0.3, 0.4) is 0 Å². The van der Waals surface area contributed by atoms with Gasteiger partial charge in [-0.2, -0.15) is 0 Å². The molecule has 138 valence electrons. The van der Waals surface area contributed by atoms with Gasteiger partial charge in [-0.25, -0.2) is 9.37 Å². The highest BCUT2D eigenvalue weighted by Gasteiger charge is 2.41. The number of amides is 1. The molecule has 0 saturated heterocycles. The van der Waals surface area contributed by atoms with E-state index >= 15 is 0 Å². The highest BCUT2D eigenvalue weighted by Crippen LogP contribution is 2.43. The van der Waals surface area contributed by atoms with E-state index < -0.39 is 5.91 Å². The van der Waals surface area contributed by atoms with Gasteiger partial charge in [-0.05, 0) is 37.1 Å². The molecule has 0 radical (unpaired) electrons. The fraction of sp³-hybridized carbons (Fsp3) is 0.278. The predicted octanol–water partition coefficient (Wildman–Crippen LogP) is 2.52. The Morgan fingerprint density at radius 1 is 1.19 bits per heavy atom. The van der Waals surface area contributed by atoms with Gasteiger partial charge in [-0.1, -0.05) is 6.42 Å². The third kappa shape index (κ3) is 3.48. The van der Waals surface area contributed by atoms with Gasteiger partial charge in [0.05, 0.1) is 5.69 Å². The Kier molecular flexibility index (Phi) is 4.49. The summed E-state index contributed by atoms with van der Waals surface area (Å²) >= 11 is 0. The molecule has 1 aliphatic carbocycles. The molecule has 0 spiro atoms. The first-order valence-corrected chi connectivity index (χ1v) is 8.66. The van der Waals surface area contributed by atoms with Gasteiger partial charge in [-0.15, -0.1) is 10.2 Å². The molecule has 0 bridgehead atoms. The number of aromatic nitrogens is 5. The first-order valence-electron chi connectivity index (χ1n) is 8.66. The van der Waals surface area contributed by atoms with Gasteiger partial charge in [0.1, 0.15) is 11.6 Å². The molecule has 1 aliphatic rings. The molecule has 3 aromatic rings. The summed E-state index contributed by atoms with van der Waals surface area (Å²) in [6.45, 7) is 0.507. The van der Waals surface area contributed by atoms with Crippen LogP contribution in [0, 0.1) is 5.82 Å². The number of carbonyl (C=O) groups excluding carboxylic acids is 1. The molecule has 1 saturated carbocycles. The number of rotatable bonds is 6. The number of nitrogens with zero attached hydrogens (tertiary/aromatic N) is 4. The molecule has 1 fully saturated rings. The van der Waals surface area contributed by atoms with Crippen LogP contribution < -0.4 is 10.6 Å². The van der Waals surface area contributed by atoms with Crippen molar-refractivity contribution in [1.29, 1.82) is 0 Å². The highest BCUT2D eigenvalue weighted by atomic mass is 19.1. The molecule has 3 N–H and O–H groups in total. The largest absolute Gasteiger partial charge is 0.368 e. The number of anilines is 2. The van der Waals surface area contributed by atoms with Crippen molar-refractivity contribution >= 4 is 17.7 Å². The molecule has 9 heteroatoms. The van der Waals surface area contributed by atoms with E-state index in [2.05, 4.69) is 35.8 Å². The summed E-state index contributed by atoms with van der Waals surface area (Å²) in [7, 11) is 0. The third-order valence-electron chi connectivity index (χ3n) is 4.81. The molecule has 0 unspecified atom stereocenters. The maximum Gasteiger partial charge on any atom is 0.278 e. The summed E-state index contributed by atoms with van der Waals surface area (Å²) in [5.41, 5.74) is 0.333. The molecule has 0 aromatic carbocycles. The Balaban J connectivity index is 1.41. The Labute approximate surface area is 154 Å². The zero-order valence-electron chi connectivity index (χ0n) is 14.4. The predicted molar refractivity (Wildman–Crippen MR) is 96.8 cm³/mol. The van der Waals surface area contributed by atoms with Gasteiger partial charge in [0, 0.05) is 30.6 Å². The van der Waals surface area contributed by atoms with Crippen molar-refractivity contribution in [3.05, 3.63) is 60.1 Å². The number of nitrogens with one attached hydrogen (secondary N) is 3. The molecule has 8 nitrogen and oxygen atoms in total. The van der Waals surface area contributed by atoms with Crippen LogP contribution in [0.5, 0.6) is 0 Å². The number of aromatic amines is 1. The van der Waals surface area contributed by atoms with Crippen molar-refractivity contribution in [1.82, 2.24) is 25.1 Å². The van der Waals surface area contributed by atoms with Gasteiger partial charge in [0.25, 0.3) is 5.91 Å². The highest BCUT2D eigenvalue weighted by molar-refractivity contribution is 6.01. The monoisotopic (exact) mass is 367 g/mol. The van der Waals surface area contributed by atoms with Crippen molar-refractivity contribution in [2.75, 3.05) is 17.2 Å². The normalized spacial score (nSPS) is 15.0. The smallest absolute Gasteiger partial charge is 0.278 e. The topological polar surface area (TPSA) is 108 Å². The van der Waals surface area contributed by atoms with E-state index in [4.69, 9.17) is 0 Å². The summed E-state index contributed by atoms with van der Waals surface area (Å²) in [5, 5.41) is 13.8. The first-order chi connectivity index (χ1) is 13.2. The first kappa shape index (κ1) is 17.1. The van der Waals surface area contributed by atoms with E-state index in [0.29, 0.717) is 24.0 Å². The number of H-pyrrole nitrogens is 1. The molecule has 0 aliphatic heterocycles.